The molecule has 0 bridgehead atoms. The molecule has 0 aliphatic carbocycles. The Bertz CT molecular complexity index is 289. The first-order valence-electron chi connectivity index (χ1n) is 5.34. The van der Waals surface area contributed by atoms with Crippen molar-refractivity contribution in [1.82, 2.24) is 15.3 Å². The summed E-state index contributed by atoms with van der Waals surface area (Å²) in [6.45, 7) is 7.39. The zero-order chi connectivity index (χ0) is 11.1. The Labute approximate surface area is 96.1 Å². The molecule has 1 N–H and O–H groups in total. The van der Waals surface area contributed by atoms with Gasteiger partial charge in [0.2, 0.25) is 0 Å². The molecule has 1 heterocycles. The van der Waals surface area contributed by atoms with E-state index in [0.29, 0.717) is 6.04 Å². The van der Waals surface area contributed by atoms with E-state index in [-0.39, 0.29) is 0 Å². The minimum Gasteiger partial charge on any atom is -0.315 e. The van der Waals surface area contributed by atoms with Crippen LogP contribution in [0.15, 0.2) is 17.4 Å². The molecule has 0 amide bonds. The van der Waals surface area contributed by atoms with Gasteiger partial charge in [-0.05, 0) is 26.0 Å². The number of hydrogen-bond donors (Lipinski definition) is 1. The summed E-state index contributed by atoms with van der Waals surface area (Å²) < 4.78 is 0. The number of nitrogens with one attached hydrogen (secondary N) is 1. The third-order valence-corrected chi connectivity index (χ3v) is 2.83. The highest BCUT2D eigenvalue weighted by atomic mass is 32.2. The van der Waals surface area contributed by atoms with Crippen molar-refractivity contribution in [3.63, 3.8) is 0 Å². The van der Waals surface area contributed by atoms with Crippen LogP contribution in [0, 0.1) is 6.92 Å². The first-order chi connectivity index (χ1) is 7.18. The molecule has 0 aromatic carbocycles. The number of rotatable bonds is 6. The minimum absolute atomic E-state index is 0.574. The van der Waals surface area contributed by atoms with E-state index >= 15 is 0 Å². The smallest absolute Gasteiger partial charge is 0.187 e. The predicted molar refractivity (Wildman–Crippen MR) is 65.2 cm³/mol. The third kappa shape index (κ3) is 5.74. The molecule has 4 heteroatoms. The van der Waals surface area contributed by atoms with Gasteiger partial charge in [-0.3, -0.25) is 0 Å². The Kier molecular flexibility index (Phi) is 5.65. The molecule has 0 aliphatic rings. The second-order valence-corrected chi connectivity index (χ2v) is 4.85. The third-order valence-electron chi connectivity index (χ3n) is 1.88. The monoisotopic (exact) mass is 225 g/mol. The second-order valence-electron chi connectivity index (χ2n) is 3.79. The Balaban J connectivity index is 2.15. The first-order valence-corrected chi connectivity index (χ1v) is 6.33. The molecule has 0 atom stereocenters. The van der Waals surface area contributed by atoms with E-state index in [9.17, 15) is 0 Å². The van der Waals surface area contributed by atoms with Crippen LogP contribution in [0.3, 0.4) is 0 Å². The van der Waals surface area contributed by atoms with Crippen molar-refractivity contribution in [1.29, 1.82) is 0 Å². The average Bonchev–Trinajstić information content (AvgIpc) is 2.17. The zero-order valence-electron chi connectivity index (χ0n) is 9.66. The molecule has 0 saturated carbocycles. The van der Waals surface area contributed by atoms with Gasteiger partial charge < -0.3 is 5.32 Å². The standard InChI is InChI=1S/C11H19N3S/c1-9(2)12-6-4-8-15-11-13-7-5-10(3)14-11/h5,7,9,12H,4,6,8H2,1-3H3. The maximum Gasteiger partial charge on any atom is 0.187 e. The molecular weight excluding hydrogens is 206 g/mol. The van der Waals surface area contributed by atoms with E-state index in [1.807, 2.05) is 19.2 Å². The van der Waals surface area contributed by atoms with Crippen LogP contribution >= 0.6 is 11.8 Å². The predicted octanol–water partition coefficient (Wildman–Crippen LogP) is 2.27. The SMILES string of the molecule is Cc1ccnc(SCCCNC(C)C)n1. The van der Waals surface area contributed by atoms with Crippen LogP contribution in [0.1, 0.15) is 26.0 Å². The van der Waals surface area contributed by atoms with Gasteiger partial charge in [-0.25, -0.2) is 9.97 Å². The normalized spacial score (nSPS) is 10.9. The van der Waals surface area contributed by atoms with Crippen molar-refractivity contribution in [2.24, 2.45) is 0 Å². The molecule has 0 radical (unpaired) electrons. The molecule has 3 nitrogen and oxygen atoms in total. The molecular formula is C11H19N3S. The number of hydrogen-bond acceptors (Lipinski definition) is 4. The van der Waals surface area contributed by atoms with Gasteiger partial charge in [-0.15, -0.1) is 0 Å². The van der Waals surface area contributed by atoms with E-state index in [4.69, 9.17) is 0 Å². The van der Waals surface area contributed by atoms with Crippen molar-refractivity contribution < 1.29 is 0 Å². The molecule has 1 aromatic rings. The Morgan fingerprint density at radius 2 is 2.27 bits per heavy atom. The maximum absolute atomic E-state index is 4.34. The highest BCUT2D eigenvalue weighted by Gasteiger charge is 1.97. The Hall–Kier alpha value is -0.610. The second kappa shape index (κ2) is 6.80. The fraction of sp³-hybridized carbons (Fsp3) is 0.636. The molecule has 15 heavy (non-hydrogen) atoms. The van der Waals surface area contributed by atoms with E-state index in [2.05, 4.69) is 29.1 Å². The summed E-state index contributed by atoms with van der Waals surface area (Å²) in [5, 5.41) is 4.28. The topological polar surface area (TPSA) is 37.8 Å². The lowest BCUT2D eigenvalue weighted by Crippen LogP contribution is -2.23. The van der Waals surface area contributed by atoms with Crippen LogP contribution in [0.5, 0.6) is 0 Å². The largest absolute Gasteiger partial charge is 0.315 e. The van der Waals surface area contributed by atoms with Crippen molar-refractivity contribution in [2.45, 2.75) is 38.4 Å². The number of aryl methyl sites for hydroxylation is 1. The minimum atomic E-state index is 0.574. The van der Waals surface area contributed by atoms with Gasteiger partial charge in [-0.1, -0.05) is 25.6 Å². The van der Waals surface area contributed by atoms with E-state index in [1.165, 1.54) is 0 Å². The first kappa shape index (κ1) is 12.5. The Morgan fingerprint density at radius 3 is 2.93 bits per heavy atom. The van der Waals surface area contributed by atoms with Gasteiger partial charge in [0.05, 0.1) is 0 Å². The lowest BCUT2D eigenvalue weighted by molar-refractivity contribution is 0.585. The van der Waals surface area contributed by atoms with Gasteiger partial charge in [0, 0.05) is 23.7 Å². The van der Waals surface area contributed by atoms with Gasteiger partial charge >= 0.3 is 0 Å². The molecule has 0 fully saturated rings. The van der Waals surface area contributed by atoms with Crippen molar-refractivity contribution in [3.05, 3.63) is 18.0 Å². The lowest BCUT2D eigenvalue weighted by atomic mass is 10.4. The molecule has 1 aromatic heterocycles. The van der Waals surface area contributed by atoms with Gasteiger partial charge in [-0.2, -0.15) is 0 Å². The fourth-order valence-electron chi connectivity index (χ4n) is 1.12. The average molecular weight is 225 g/mol. The summed E-state index contributed by atoms with van der Waals surface area (Å²) in [5.41, 5.74) is 1.04. The quantitative estimate of drug-likeness (QED) is 0.458. The summed E-state index contributed by atoms with van der Waals surface area (Å²) in [4.78, 5) is 8.54. The molecule has 0 saturated heterocycles. The summed E-state index contributed by atoms with van der Waals surface area (Å²) in [7, 11) is 0. The van der Waals surface area contributed by atoms with Crippen LogP contribution in [0.4, 0.5) is 0 Å². The van der Waals surface area contributed by atoms with Gasteiger partial charge in [0.15, 0.2) is 5.16 Å². The van der Waals surface area contributed by atoms with Crippen LogP contribution in [-0.2, 0) is 0 Å². The van der Waals surface area contributed by atoms with E-state index in [1.54, 1.807) is 11.8 Å². The molecule has 0 aliphatic heterocycles. The van der Waals surface area contributed by atoms with Gasteiger partial charge in [0.25, 0.3) is 0 Å². The van der Waals surface area contributed by atoms with E-state index < -0.39 is 0 Å². The van der Waals surface area contributed by atoms with Crippen molar-refractivity contribution >= 4 is 11.8 Å². The van der Waals surface area contributed by atoms with Crippen molar-refractivity contribution in [3.8, 4) is 0 Å². The van der Waals surface area contributed by atoms with Crippen molar-refractivity contribution in [2.75, 3.05) is 12.3 Å². The molecule has 0 spiro atoms. The van der Waals surface area contributed by atoms with E-state index in [0.717, 1.165) is 29.6 Å². The zero-order valence-corrected chi connectivity index (χ0v) is 10.5. The van der Waals surface area contributed by atoms with Crippen LogP contribution in [0.2, 0.25) is 0 Å². The summed E-state index contributed by atoms with van der Waals surface area (Å²) in [5.74, 6) is 1.07. The summed E-state index contributed by atoms with van der Waals surface area (Å²) >= 11 is 1.72. The number of thioether (sulfide) groups is 1. The number of nitrogens with zero attached hydrogens (tertiary/aromatic N) is 2. The number of aromatic nitrogens is 2. The summed E-state index contributed by atoms with van der Waals surface area (Å²) in [6.07, 6.45) is 2.97. The molecule has 0 unspecified atom stereocenters. The van der Waals surface area contributed by atoms with Crippen LogP contribution < -0.4 is 5.32 Å². The highest BCUT2D eigenvalue weighted by Crippen LogP contribution is 2.12. The summed E-state index contributed by atoms with van der Waals surface area (Å²) in [6, 6.07) is 2.50. The highest BCUT2D eigenvalue weighted by molar-refractivity contribution is 7.99. The van der Waals surface area contributed by atoms with Crippen LogP contribution in [0.25, 0.3) is 0 Å². The molecule has 1 rings (SSSR count). The lowest BCUT2D eigenvalue weighted by Gasteiger charge is -2.06. The van der Waals surface area contributed by atoms with Gasteiger partial charge in [0.1, 0.15) is 0 Å². The Morgan fingerprint density at radius 1 is 1.47 bits per heavy atom. The van der Waals surface area contributed by atoms with Crippen LogP contribution in [-0.4, -0.2) is 28.3 Å². The fourth-order valence-corrected chi connectivity index (χ4v) is 1.94. The maximum atomic E-state index is 4.34. The molecule has 84 valence electrons.